The molecule has 0 atom stereocenters. The quantitative estimate of drug-likeness (QED) is 0.529. The number of hydrogen-bond acceptors (Lipinski definition) is 6. The molecule has 0 aliphatic heterocycles. The van der Waals surface area contributed by atoms with Gasteiger partial charge in [0.15, 0.2) is 23.0 Å². The van der Waals surface area contributed by atoms with E-state index in [-0.39, 0.29) is 5.91 Å². The van der Waals surface area contributed by atoms with Crippen LogP contribution in [0.15, 0.2) is 54.6 Å². The second-order valence-corrected chi connectivity index (χ2v) is 6.56. The van der Waals surface area contributed by atoms with Gasteiger partial charge >= 0.3 is 0 Å². The van der Waals surface area contributed by atoms with Crippen molar-refractivity contribution in [2.75, 3.05) is 19.5 Å². The van der Waals surface area contributed by atoms with Crippen molar-refractivity contribution < 1.29 is 14.3 Å². The number of hydrogen-bond donors (Lipinski definition) is 1. The maximum Gasteiger partial charge on any atom is 0.255 e. The molecule has 4 rings (SSSR count). The maximum atomic E-state index is 12.7. The van der Waals surface area contributed by atoms with Crippen LogP contribution in [0.5, 0.6) is 11.5 Å². The van der Waals surface area contributed by atoms with Crippen LogP contribution in [0.3, 0.4) is 0 Å². The molecule has 30 heavy (non-hydrogen) atoms. The Morgan fingerprint density at radius 1 is 1.00 bits per heavy atom. The molecule has 8 heteroatoms. The van der Waals surface area contributed by atoms with E-state index in [0.717, 1.165) is 23.5 Å². The van der Waals surface area contributed by atoms with Crippen LogP contribution in [0.4, 0.5) is 5.69 Å². The highest BCUT2D eigenvalue weighted by atomic mass is 16.5. The molecule has 8 nitrogen and oxygen atoms in total. The lowest BCUT2D eigenvalue weighted by Crippen LogP contribution is -2.12. The molecule has 1 N–H and O–H groups in total. The van der Waals surface area contributed by atoms with Crippen LogP contribution in [0.25, 0.3) is 16.9 Å². The Morgan fingerprint density at radius 2 is 1.83 bits per heavy atom. The summed E-state index contributed by atoms with van der Waals surface area (Å²) in [5.41, 5.74) is 3.47. The van der Waals surface area contributed by atoms with Crippen LogP contribution in [0, 0.1) is 0 Å². The van der Waals surface area contributed by atoms with Gasteiger partial charge in [0.05, 0.1) is 19.9 Å². The lowest BCUT2D eigenvalue weighted by Gasteiger charge is -2.11. The summed E-state index contributed by atoms with van der Waals surface area (Å²) in [7, 11) is 3.09. The van der Waals surface area contributed by atoms with Crippen LogP contribution in [0.2, 0.25) is 0 Å². The molecule has 4 aromatic rings. The zero-order chi connectivity index (χ0) is 21.1. The molecular weight excluding hydrogens is 382 g/mol. The van der Waals surface area contributed by atoms with Crippen LogP contribution in [-0.4, -0.2) is 39.9 Å². The van der Waals surface area contributed by atoms with Crippen molar-refractivity contribution in [3.8, 4) is 22.8 Å². The fourth-order valence-electron chi connectivity index (χ4n) is 3.14. The number of carbonyl (C=O) groups excluding carboxylic acids is 1. The van der Waals surface area contributed by atoms with Gasteiger partial charge < -0.3 is 14.8 Å². The Balaban J connectivity index is 1.60. The van der Waals surface area contributed by atoms with Crippen molar-refractivity contribution in [3.05, 3.63) is 66.0 Å². The predicted molar refractivity (Wildman–Crippen MR) is 113 cm³/mol. The van der Waals surface area contributed by atoms with Gasteiger partial charge in [0.2, 0.25) is 0 Å². The van der Waals surface area contributed by atoms with Gasteiger partial charge in [-0.25, -0.2) is 0 Å². The standard InChI is InChI=1S/C22H21N5O3/c1-4-20-24-25-21-11-9-17(26-27(20)21)14-6-5-7-16(12-14)23-22(28)15-8-10-18(29-2)19(13-15)30-3/h5-13H,4H2,1-3H3,(H,23,28). The van der Waals surface area contributed by atoms with E-state index in [0.29, 0.717) is 28.4 Å². The van der Waals surface area contributed by atoms with Gasteiger partial charge in [0.25, 0.3) is 5.91 Å². The van der Waals surface area contributed by atoms with E-state index in [2.05, 4.69) is 20.6 Å². The van der Waals surface area contributed by atoms with Crippen molar-refractivity contribution in [2.45, 2.75) is 13.3 Å². The number of aromatic nitrogens is 4. The van der Waals surface area contributed by atoms with E-state index >= 15 is 0 Å². The number of benzene rings is 2. The summed E-state index contributed by atoms with van der Waals surface area (Å²) in [6.45, 7) is 2.01. The third-order valence-electron chi connectivity index (χ3n) is 4.71. The van der Waals surface area contributed by atoms with Crippen LogP contribution in [-0.2, 0) is 6.42 Å². The minimum Gasteiger partial charge on any atom is -0.493 e. The highest BCUT2D eigenvalue weighted by Crippen LogP contribution is 2.28. The van der Waals surface area contributed by atoms with E-state index in [1.807, 2.05) is 43.3 Å². The third kappa shape index (κ3) is 3.67. The molecule has 0 radical (unpaired) electrons. The zero-order valence-electron chi connectivity index (χ0n) is 16.9. The molecule has 0 unspecified atom stereocenters. The summed E-state index contributed by atoms with van der Waals surface area (Å²) in [5, 5.41) is 15.8. The summed E-state index contributed by atoms with van der Waals surface area (Å²) in [6, 6.07) is 16.3. The summed E-state index contributed by atoms with van der Waals surface area (Å²) < 4.78 is 12.2. The van der Waals surface area contributed by atoms with Gasteiger partial charge in [-0.1, -0.05) is 19.1 Å². The Labute approximate surface area is 173 Å². The highest BCUT2D eigenvalue weighted by Gasteiger charge is 2.12. The number of aryl methyl sites for hydroxylation is 1. The predicted octanol–water partition coefficient (Wildman–Crippen LogP) is 3.62. The molecule has 2 heterocycles. The molecule has 0 aliphatic carbocycles. The van der Waals surface area contributed by atoms with E-state index in [1.165, 1.54) is 7.11 Å². The molecule has 2 aromatic carbocycles. The number of carbonyl (C=O) groups is 1. The van der Waals surface area contributed by atoms with E-state index in [1.54, 1.807) is 29.8 Å². The fourth-order valence-corrected chi connectivity index (χ4v) is 3.14. The molecule has 1 amide bonds. The minimum absolute atomic E-state index is 0.247. The summed E-state index contributed by atoms with van der Waals surface area (Å²) in [6.07, 6.45) is 0.735. The molecule has 0 fully saturated rings. The molecule has 0 saturated heterocycles. The second kappa shape index (κ2) is 8.20. The average Bonchev–Trinajstić information content (AvgIpc) is 3.21. The van der Waals surface area contributed by atoms with Crippen molar-refractivity contribution in [2.24, 2.45) is 0 Å². The maximum absolute atomic E-state index is 12.7. The molecule has 152 valence electrons. The molecule has 0 saturated carbocycles. The van der Waals surface area contributed by atoms with Gasteiger partial charge in [-0.3, -0.25) is 4.79 Å². The highest BCUT2D eigenvalue weighted by molar-refractivity contribution is 6.04. The van der Waals surface area contributed by atoms with E-state index in [4.69, 9.17) is 9.47 Å². The van der Waals surface area contributed by atoms with Crippen LogP contribution < -0.4 is 14.8 Å². The first-order valence-corrected chi connectivity index (χ1v) is 9.48. The van der Waals surface area contributed by atoms with Crippen molar-refractivity contribution in [1.29, 1.82) is 0 Å². The Morgan fingerprint density at radius 3 is 2.60 bits per heavy atom. The molecule has 0 aliphatic rings. The fraction of sp³-hybridized carbons (Fsp3) is 0.182. The van der Waals surface area contributed by atoms with Crippen molar-refractivity contribution >= 4 is 17.2 Å². The van der Waals surface area contributed by atoms with Crippen LogP contribution >= 0.6 is 0 Å². The molecule has 0 spiro atoms. The summed E-state index contributed by atoms with van der Waals surface area (Å²) in [4.78, 5) is 12.7. The smallest absolute Gasteiger partial charge is 0.255 e. The minimum atomic E-state index is -0.247. The van der Waals surface area contributed by atoms with Gasteiger partial charge in [0.1, 0.15) is 0 Å². The summed E-state index contributed by atoms with van der Waals surface area (Å²) in [5.74, 6) is 1.61. The SMILES string of the molecule is CCc1nnc2ccc(-c3cccc(NC(=O)c4ccc(OC)c(OC)c4)c3)nn12. The number of nitrogens with zero attached hydrogens (tertiary/aromatic N) is 4. The number of nitrogens with one attached hydrogen (secondary N) is 1. The van der Waals surface area contributed by atoms with Crippen molar-refractivity contribution in [1.82, 2.24) is 19.8 Å². The molecule has 2 aromatic heterocycles. The van der Waals surface area contributed by atoms with E-state index in [9.17, 15) is 4.79 Å². The average molecular weight is 403 g/mol. The Kier molecular flexibility index (Phi) is 5.30. The zero-order valence-corrected chi connectivity index (χ0v) is 16.9. The number of fused-ring (bicyclic) bond motifs is 1. The number of methoxy groups -OCH3 is 2. The monoisotopic (exact) mass is 403 g/mol. The number of amides is 1. The first-order valence-electron chi connectivity index (χ1n) is 9.48. The van der Waals surface area contributed by atoms with Crippen LogP contribution in [0.1, 0.15) is 23.1 Å². The van der Waals surface area contributed by atoms with Crippen molar-refractivity contribution in [3.63, 3.8) is 0 Å². The largest absolute Gasteiger partial charge is 0.493 e. The van der Waals surface area contributed by atoms with Gasteiger partial charge in [0, 0.05) is 23.2 Å². The lowest BCUT2D eigenvalue weighted by atomic mass is 10.1. The third-order valence-corrected chi connectivity index (χ3v) is 4.71. The Bertz CT molecular complexity index is 1220. The van der Waals surface area contributed by atoms with E-state index < -0.39 is 0 Å². The topological polar surface area (TPSA) is 90.6 Å². The second-order valence-electron chi connectivity index (χ2n) is 6.56. The van der Waals surface area contributed by atoms with Gasteiger partial charge in [-0.15, -0.1) is 10.2 Å². The number of rotatable bonds is 6. The summed E-state index contributed by atoms with van der Waals surface area (Å²) >= 11 is 0. The lowest BCUT2D eigenvalue weighted by molar-refractivity contribution is 0.102. The molecule has 0 bridgehead atoms. The molecular formula is C22H21N5O3. The number of ether oxygens (including phenoxy) is 2. The van der Waals surface area contributed by atoms with Gasteiger partial charge in [-0.2, -0.15) is 9.61 Å². The normalized spacial score (nSPS) is 10.8. The first-order chi connectivity index (χ1) is 14.6. The Hall–Kier alpha value is -3.94. The van der Waals surface area contributed by atoms with Gasteiger partial charge in [-0.05, 0) is 42.5 Å². The first kappa shape index (κ1) is 19.4. The number of anilines is 1.